The number of hydrogen-bond acceptors (Lipinski definition) is 8. The van der Waals surface area contributed by atoms with E-state index in [4.69, 9.17) is 4.74 Å². The van der Waals surface area contributed by atoms with Gasteiger partial charge >= 0.3 is 5.69 Å². The topological polar surface area (TPSA) is 125 Å². The monoisotopic (exact) mass is 490 g/mol. The molecule has 0 unspecified atom stereocenters. The Kier molecular flexibility index (Phi) is 7.36. The van der Waals surface area contributed by atoms with Gasteiger partial charge in [0.25, 0.3) is 0 Å². The van der Waals surface area contributed by atoms with Crippen LogP contribution in [0.5, 0.6) is 5.75 Å². The average molecular weight is 491 g/mol. The van der Waals surface area contributed by atoms with Crippen molar-refractivity contribution in [2.24, 2.45) is 0 Å². The molecule has 0 atom stereocenters. The summed E-state index contributed by atoms with van der Waals surface area (Å²) in [5.74, 6) is 0.541. The lowest BCUT2D eigenvalue weighted by molar-refractivity contribution is -0.385. The number of anilines is 1. The van der Waals surface area contributed by atoms with Gasteiger partial charge < -0.3 is 10.1 Å². The van der Waals surface area contributed by atoms with E-state index in [1.807, 2.05) is 47.0 Å². The number of nitrogens with one attached hydrogen (secondary N) is 1. The molecule has 2 aromatic heterocycles. The van der Waals surface area contributed by atoms with Crippen LogP contribution in [0.25, 0.3) is 11.4 Å². The maximum Gasteiger partial charge on any atom is 0.311 e. The molecule has 2 heterocycles. The maximum atomic E-state index is 12.7. The molecule has 0 aliphatic carbocycles. The Hall–Kier alpha value is -4.25. The first-order chi connectivity index (χ1) is 17.0. The van der Waals surface area contributed by atoms with Crippen LogP contribution in [0.4, 0.5) is 11.4 Å². The quantitative estimate of drug-likeness (QED) is 0.209. The van der Waals surface area contributed by atoms with Crippen molar-refractivity contribution in [1.29, 1.82) is 0 Å². The number of carbonyl (C=O) groups excluding carboxylic acids is 1. The molecule has 10 nitrogen and oxygen atoms in total. The van der Waals surface area contributed by atoms with Gasteiger partial charge in [-0.05, 0) is 30.2 Å². The number of nitro groups is 1. The van der Waals surface area contributed by atoms with Gasteiger partial charge in [0.2, 0.25) is 5.91 Å². The zero-order valence-corrected chi connectivity index (χ0v) is 19.9. The summed E-state index contributed by atoms with van der Waals surface area (Å²) in [4.78, 5) is 27.5. The number of ether oxygens (including phenoxy) is 1. The van der Waals surface area contributed by atoms with Crippen LogP contribution < -0.4 is 10.1 Å². The molecule has 11 heteroatoms. The second-order valence-electron chi connectivity index (χ2n) is 7.55. The lowest BCUT2D eigenvalue weighted by atomic mass is 10.1. The Morgan fingerprint density at radius 3 is 2.57 bits per heavy atom. The van der Waals surface area contributed by atoms with Gasteiger partial charge in [-0.15, -0.1) is 10.2 Å². The molecule has 0 saturated carbocycles. The Morgan fingerprint density at radius 1 is 1.14 bits per heavy atom. The first-order valence-electron chi connectivity index (χ1n) is 10.6. The van der Waals surface area contributed by atoms with Gasteiger partial charge in [-0.3, -0.25) is 24.5 Å². The number of thioether (sulfide) groups is 1. The third-order valence-corrected chi connectivity index (χ3v) is 6.13. The van der Waals surface area contributed by atoms with Gasteiger partial charge in [0.1, 0.15) is 0 Å². The fraction of sp³-hybridized carbons (Fsp3) is 0.167. The highest BCUT2D eigenvalue weighted by Crippen LogP contribution is 2.33. The highest BCUT2D eigenvalue weighted by molar-refractivity contribution is 7.99. The van der Waals surface area contributed by atoms with Crippen molar-refractivity contribution in [2.45, 2.75) is 18.6 Å². The Bertz CT molecular complexity index is 1350. The predicted molar refractivity (Wildman–Crippen MR) is 133 cm³/mol. The van der Waals surface area contributed by atoms with Crippen LogP contribution in [0.1, 0.15) is 11.1 Å². The fourth-order valence-corrected chi connectivity index (χ4v) is 4.19. The second-order valence-corrected chi connectivity index (χ2v) is 8.49. The number of nitrogens with zero attached hydrogens (tertiary/aromatic N) is 5. The third-order valence-electron chi connectivity index (χ3n) is 5.17. The highest BCUT2D eigenvalue weighted by atomic mass is 32.2. The minimum Gasteiger partial charge on any atom is -0.490 e. The third kappa shape index (κ3) is 5.64. The van der Waals surface area contributed by atoms with Gasteiger partial charge in [-0.1, -0.05) is 42.1 Å². The van der Waals surface area contributed by atoms with Crippen molar-refractivity contribution in [3.05, 3.63) is 88.2 Å². The summed E-state index contributed by atoms with van der Waals surface area (Å²) in [7, 11) is 1.35. The van der Waals surface area contributed by atoms with E-state index in [0.717, 1.165) is 11.1 Å². The van der Waals surface area contributed by atoms with Crippen molar-refractivity contribution >= 4 is 29.0 Å². The molecule has 4 rings (SSSR count). The molecule has 35 heavy (non-hydrogen) atoms. The van der Waals surface area contributed by atoms with E-state index in [1.165, 1.54) is 31.0 Å². The molecule has 0 fully saturated rings. The summed E-state index contributed by atoms with van der Waals surface area (Å²) in [5, 5.41) is 23.3. The van der Waals surface area contributed by atoms with Gasteiger partial charge in [-0.25, -0.2) is 0 Å². The van der Waals surface area contributed by atoms with Crippen LogP contribution >= 0.6 is 11.8 Å². The summed E-state index contributed by atoms with van der Waals surface area (Å²) in [6.07, 6.45) is 3.38. The largest absolute Gasteiger partial charge is 0.490 e. The van der Waals surface area contributed by atoms with E-state index >= 15 is 0 Å². The number of benzene rings is 2. The molecule has 0 spiro atoms. The molecule has 0 bridgehead atoms. The summed E-state index contributed by atoms with van der Waals surface area (Å²) in [6, 6.07) is 16.5. The fourth-order valence-electron chi connectivity index (χ4n) is 3.45. The van der Waals surface area contributed by atoms with E-state index in [2.05, 4.69) is 20.5 Å². The van der Waals surface area contributed by atoms with Crippen molar-refractivity contribution < 1.29 is 14.5 Å². The van der Waals surface area contributed by atoms with Crippen LogP contribution in [0.2, 0.25) is 0 Å². The standard InChI is InChI=1S/C24H22N6O4S/c1-16-12-20(30(32)33)21(34-2)13-19(16)26-22(31)15-35-24-28-27-23(18-8-10-25-11-9-18)29(24)14-17-6-4-3-5-7-17/h3-13H,14-15H2,1-2H3,(H,26,31). The molecule has 4 aromatic rings. The SMILES string of the molecule is COc1cc(NC(=O)CSc2nnc(-c3ccncc3)n2Cc2ccccc2)c(C)cc1[N+](=O)[O-]. The number of aromatic nitrogens is 4. The molecular formula is C24H22N6O4S. The van der Waals surface area contributed by atoms with Crippen molar-refractivity contribution in [1.82, 2.24) is 19.7 Å². The van der Waals surface area contributed by atoms with E-state index in [1.54, 1.807) is 19.3 Å². The van der Waals surface area contributed by atoms with Crippen LogP contribution in [0.15, 0.2) is 72.1 Å². The zero-order valence-electron chi connectivity index (χ0n) is 19.0. The molecule has 1 amide bonds. The highest BCUT2D eigenvalue weighted by Gasteiger charge is 2.20. The molecule has 2 aromatic carbocycles. The molecular weight excluding hydrogens is 468 g/mol. The first-order valence-corrected chi connectivity index (χ1v) is 11.6. The van der Waals surface area contributed by atoms with Crippen LogP contribution in [-0.4, -0.2) is 43.4 Å². The zero-order chi connectivity index (χ0) is 24.8. The maximum absolute atomic E-state index is 12.7. The lowest BCUT2D eigenvalue weighted by Crippen LogP contribution is -2.16. The van der Waals surface area contributed by atoms with Gasteiger partial charge in [0.05, 0.1) is 24.3 Å². The van der Waals surface area contributed by atoms with E-state index in [0.29, 0.717) is 28.8 Å². The first kappa shape index (κ1) is 23.9. The second kappa shape index (κ2) is 10.8. The summed E-state index contributed by atoms with van der Waals surface area (Å²) < 4.78 is 7.07. The van der Waals surface area contributed by atoms with Crippen molar-refractivity contribution in [3.63, 3.8) is 0 Å². The van der Waals surface area contributed by atoms with Crippen molar-refractivity contribution in [3.8, 4) is 17.1 Å². The number of hydrogen-bond donors (Lipinski definition) is 1. The Morgan fingerprint density at radius 2 is 1.89 bits per heavy atom. The molecule has 0 aliphatic heterocycles. The number of rotatable bonds is 9. The number of aryl methyl sites for hydroxylation is 1. The molecule has 0 saturated heterocycles. The predicted octanol–water partition coefficient (Wildman–Crippen LogP) is 4.34. The van der Waals surface area contributed by atoms with Crippen LogP contribution in [0, 0.1) is 17.0 Å². The lowest BCUT2D eigenvalue weighted by Gasteiger charge is -2.12. The van der Waals surface area contributed by atoms with E-state index < -0.39 is 4.92 Å². The molecule has 1 N–H and O–H groups in total. The average Bonchev–Trinajstić information content (AvgIpc) is 3.27. The van der Waals surface area contributed by atoms with E-state index in [9.17, 15) is 14.9 Å². The van der Waals surface area contributed by atoms with Gasteiger partial charge in [-0.2, -0.15) is 0 Å². The smallest absolute Gasteiger partial charge is 0.311 e. The molecule has 0 aliphatic rings. The number of carbonyl (C=O) groups is 1. The summed E-state index contributed by atoms with van der Waals surface area (Å²) in [6.45, 7) is 2.22. The van der Waals surface area contributed by atoms with Crippen LogP contribution in [0.3, 0.4) is 0 Å². The summed E-state index contributed by atoms with van der Waals surface area (Å²) >= 11 is 1.26. The normalized spacial score (nSPS) is 10.7. The minimum atomic E-state index is -0.521. The minimum absolute atomic E-state index is 0.0714. The molecule has 178 valence electrons. The number of nitro benzene ring substituents is 1. The summed E-state index contributed by atoms with van der Waals surface area (Å²) in [5.41, 5.74) is 2.79. The number of methoxy groups -OCH3 is 1. The molecule has 0 radical (unpaired) electrons. The van der Waals surface area contributed by atoms with Crippen molar-refractivity contribution in [2.75, 3.05) is 18.2 Å². The Balaban J connectivity index is 1.53. The van der Waals surface area contributed by atoms with E-state index in [-0.39, 0.29) is 23.1 Å². The van der Waals surface area contributed by atoms with Gasteiger partial charge in [0.15, 0.2) is 16.7 Å². The number of amides is 1. The van der Waals surface area contributed by atoms with Crippen LogP contribution in [-0.2, 0) is 11.3 Å². The Labute approximate surface area is 205 Å². The number of pyridine rings is 1. The van der Waals surface area contributed by atoms with Gasteiger partial charge in [0, 0.05) is 35.8 Å².